The van der Waals surface area contributed by atoms with Crippen LogP contribution >= 0.6 is 0 Å². The molecule has 0 aromatic rings. The third-order valence-corrected chi connectivity index (χ3v) is 1.65. The van der Waals surface area contributed by atoms with Crippen LogP contribution in [0.25, 0.3) is 0 Å². The van der Waals surface area contributed by atoms with Gasteiger partial charge in [-0.3, -0.25) is 0 Å². The molecule has 0 aliphatic carbocycles. The molecule has 0 heterocycles. The van der Waals surface area contributed by atoms with Gasteiger partial charge in [0.2, 0.25) is 0 Å². The Morgan fingerprint density at radius 1 is 1.36 bits per heavy atom. The molecule has 0 aliphatic rings. The van der Waals surface area contributed by atoms with Crippen molar-refractivity contribution in [2.45, 2.75) is 19.5 Å². The standard InChI is InChI=1S/C8H12F2O4/c1-4(13-2)5(8(12)14-3)6(11)7(9)10/h4,7,11H,1-3H3/b6-5-. The second-order valence-corrected chi connectivity index (χ2v) is 2.47. The average molecular weight is 210 g/mol. The zero-order valence-corrected chi connectivity index (χ0v) is 8.08. The lowest BCUT2D eigenvalue weighted by Crippen LogP contribution is -2.22. The van der Waals surface area contributed by atoms with Crippen LogP contribution in [0.3, 0.4) is 0 Å². The Morgan fingerprint density at radius 2 is 1.86 bits per heavy atom. The fourth-order valence-corrected chi connectivity index (χ4v) is 0.824. The third-order valence-electron chi connectivity index (χ3n) is 1.65. The molecule has 0 aromatic carbocycles. The van der Waals surface area contributed by atoms with Gasteiger partial charge in [-0.15, -0.1) is 0 Å². The van der Waals surface area contributed by atoms with E-state index < -0.39 is 29.8 Å². The Hall–Kier alpha value is -1.17. The van der Waals surface area contributed by atoms with Gasteiger partial charge >= 0.3 is 5.97 Å². The summed E-state index contributed by atoms with van der Waals surface area (Å²) in [7, 11) is 2.26. The number of aliphatic hydroxyl groups is 1. The molecular formula is C8H12F2O4. The molecule has 0 rings (SSSR count). The van der Waals surface area contributed by atoms with Gasteiger partial charge in [-0.25, -0.2) is 13.6 Å². The Morgan fingerprint density at radius 3 is 2.14 bits per heavy atom. The number of allylic oxidation sites excluding steroid dienone is 1. The van der Waals surface area contributed by atoms with Gasteiger partial charge in [0.15, 0.2) is 5.76 Å². The van der Waals surface area contributed by atoms with Crippen LogP contribution in [-0.2, 0) is 14.3 Å². The number of esters is 1. The lowest BCUT2D eigenvalue weighted by molar-refractivity contribution is -0.137. The van der Waals surface area contributed by atoms with Crippen LogP contribution in [0.2, 0.25) is 0 Å². The second-order valence-electron chi connectivity index (χ2n) is 2.47. The fourth-order valence-electron chi connectivity index (χ4n) is 0.824. The summed E-state index contributed by atoms with van der Waals surface area (Å²) in [5.74, 6) is -2.34. The molecule has 0 aliphatic heterocycles. The van der Waals surface area contributed by atoms with Gasteiger partial charge in [0.05, 0.1) is 13.2 Å². The van der Waals surface area contributed by atoms with E-state index in [4.69, 9.17) is 5.11 Å². The zero-order chi connectivity index (χ0) is 11.3. The minimum absolute atomic E-state index is 0.565. The fraction of sp³-hybridized carbons (Fsp3) is 0.625. The third kappa shape index (κ3) is 2.95. The first-order valence-electron chi connectivity index (χ1n) is 3.78. The van der Waals surface area contributed by atoms with Crippen LogP contribution < -0.4 is 0 Å². The summed E-state index contributed by atoms with van der Waals surface area (Å²) in [6.45, 7) is 1.35. The largest absolute Gasteiger partial charge is 0.506 e. The summed E-state index contributed by atoms with van der Waals surface area (Å²) in [5, 5.41) is 8.94. The first-order valence-corrected chi connectivity index (χ1v) is 3.78. The molecule has 0 saturated carbocycles. The van der Waals surface area contributed by atoms with Crippen molar-refractivity contribution in [2.75, 3.05) is 14.2 Å². The van der Waals surface area contributed by atoms with E-state index >= 15 is 0 Å². The number of alkyl halides is 2. The number of hydrogen-bond donors (Lipinski definition) is 1. The number of hydrogen-bond acceptors (Lipinski definition) is 4. The van der Waals surface area contributed by atoms with Crippen LogP contribution in [0.15, 0.2) is 11.3 Å². The molecule has 0 spiro atoms. The van der Waals surface area contributed by atoms with Crippen molar-refractivity contribution in [3.63, 3.8) is 0 Å². The molecule has 0 amide bonds. The summed E-state index contributed by atoms with van der Waals surface area (Å²) < 4.78 is 33.1. The number of carbonyl (C=O) groups excluding carboxylic acids is 1. The van der Waals surface area contributed by atoms with Crippen molar-refractivity contribution in [3.05, 3.63) is 11.3 Å². The van der Waals surface area contributed by atoms with Gasteiger partial charge in [-0.2, -0.15) is 0 Å². The predicted octanol–water partition coefficient (Wildman–Crippen LogP) is 1.27. The Balaban J connectivity index is 5.08. The zero-order valence-electron chi connectivity index (χ0n) is 8.08. The van der Waals surface area contributed by atoms with Gasteiger partial charge in [-0.05, 0) is 6.92 Å². The normalized spacial score (nSPS) is 15.0. The molecule has 82 valence electrons. The van der Waals surface area contributed by atoms with E-state index in [9.17, 15) is 13.6 Å². The molecule has 0 aromatic heterocycles. The highest BCUT2D eigenvalue weighted by Crippen LogP contribution is 2.17. The Bertz CT molecular complexity index is 237. The van der Waals surface area contributed by atoms with Crippen LogP contribution in [0.1, 0.15) is 6.92 Å². The number of halogens is 2. The van der Waals surface area contributed by atoms with E-state index in [0.29, 0.717) is 0 Å². The van der Waals surface area contributed by atoms with E-state index in [1.807, 2.05) is 0 Å². The maximum Gasteiger partial charge on any atom is 0.340 e. The molecule has 1 unspecified atom stereocenters. The number of aliphatic hydroxyl groups excluding tert-OH is 1. The van der Waals surface area contributed by atoms with Crippen molar-refractivity contribution in [3.8, 4) is 0 Å². The maximum absolute atomic E-state index is 12.1. The number of carbonyl (C=O) groups is 1. The lowest BCUT2D eigenvalue weighted by atomic mass is 10.1. The number of methoxy groups -OCH3 is 2. The summed E-state index contributed by atoms with van der Waals surface area (Å²) in [6, 6.07) is 0. The SMILES string of the molecule is COC(=O)/C(=C(\O)C(F)F)C(C)OC. The van der Waals surface area contributed by atoms with Crippen LogP contribution in [-0.4, -0.2) is 37.8 Å². The number of ether oxygens (including phenoxy) is 2. The summed E-state index contributed by atoms with van der Waals surface area (Å²) in [6.07, 6.45) is -4.07. The van der Waals surface area contributed by atoms with E-state index in [-0.39, 0.29) is 0 Å². The average Bonchev–Trinajstić information content (AvgIpc) is 2.16. The molecule has 6 heteroatoms. The van der Waals surface area contributed by atoms with E-state index in [1.165, 1.54) is 14.0 Å². The number of rotatable bonds is 4. The smallest absolute Gasteiger partial charge is 0.340 e. The van der Waals surface area contributed by atoms with Crippen molar-refractivity contribution in [2.24, 2.45) is 0 Å². The predicted molar refractivity (Wildman–Crippen MR) is 44.1 cm³/mol. The van der Waals surface area contributed by atoms with Gasteiger partial charge in [0.25, 0.3) is 6.43 Å². The van der Waals surface area contributed by atoms with E-state index in [2.05, 4.69) is 9.47 Å². The van der Waals surface area contributed by atoms with Crippen molar-refractivity contribution >= 4 is 5.97 Å². The Labute approximate surface area is 80.1 Å². The van der Waals surface area contributed by atoms with Crippen LogP contribution in [0, 0.1) is 0 Å². The molecule has 4 nitrogen and oxygen atoms in total. The highest BCUT2D eigenvalue weighted by molar-refractivity contribution is 5.90. The first-order chi connectivity index (χ1) is 6.45. The van der Waals surface area contributed by atoms with Crippen LogP contribution in [0.4, 0.5) is 8.78 Å². The van der Waals surface area contributed by atoms with E-state index in [0.717, 1.165) is 7.11 Å². The Kier molecular flexibility index (Phi) is 5.07. The molecule has 0 fully saturated rings. The lowest BCUT2D eigenvalue weighted by Gasteiger charge is -2.14. The monoisotopic (exact) mass is 210 g/mol. The minimum atomic E-state index is -3.12. The summed E-state index contributed by atoms with van der Waals surface area (Å²) >= 11 is 0. The quantitative estimate of drug-likeness (QED) is 0.431. The molecule has 14 heavy (non-hydrogen) atoms. The maximum atomic E-state index is 12.1. The molecular weight excluding hydrogens is 198 g/mol. The van der Waals surface area contributed by atoms with Crippen molar-refractivity contribution < 1.29 is 28.2 Å². The molecule has 0 radical (unpaired) electrons. The molecule has 0 saturated heterocycles. The highest BCUT2D eigenvalue weighted by atomic mass is 19.3. The second kappa shape index (κ2) is 5.54. The van der Waals surface area contributed by atoms with Crippen molar-refractivity contribution in [1.82, 2.24) is 0 Å². The minimum Gasteiger partial charge on any atom is -0.506 e. The molecule has 0 bridgehead atoms. The summed E-state index contributed by atoms with van der Waals surface area (Å²) in [4.78, 5) is 11.0. The van der Waals surface area contributed by atoms with Gasteiger partial charge < -0.3 is 14.6 Å². The first kappa shape index (κ1) is 12.8. The van der Waals surface area contributed by atoms with Crippen molar-refractivity contribution in [1.29, 1.82) is 0 Å². The van der Waals surface area contributed by atoms with Gasteiger partial charge in [-0.1, -0.05) is 0 Å². The summed E-state index contributed by atoms with van der Waals surface area (Å²) in [5.41, 5.74) is -0.565. The van der Waals surface area contributed by atoms with E-state index in [1.54, 1.807) is 0 Å². The molecule has 1 N–H and O–H groups in total. The topological polar surface area (TPSA) is 55.8 Å². The van der Waals surface area contributed by atoms with Gasteiger partial charge in [0, 0.05) is 7.11 Å². The van der Waals surface area contributed by atoms with Crippen LogP contribution in [0.5, 0.6) is 0 Å². The molecule has 1 atom stereocenters. The van der Waals surface area contributed by atoms with Gasteiger partial charge in [0.1, 0.15) is 5.57 Å². The highest BCUT2D eigenvalue weighted by Gasteiger charge is 2.27.